The molecule has 0 radical (unpaired) electrons. The quantitative estimate of drug-likeness (QED) is 0.550. The van der Waals surface area contributed by atoms with Crippen molar-refractivity contribution >= 4 is 0 Å². The summed E-state index contributed by atoms with van der Waals surface area (Å²) in [7, 11) is 0. The summed E-state index contributed by atoms with van der Waals surface area (Å²) in [6.07, 6.45) is 7.07. The van der Waals surface area contributed by atoms with Crippen LogP contribution >= 0.6 is 0 Å². The summed E-state index contributed by atoms with van der Waals surface area (Å²) in [5.41, 5.74) is 0.917. The highest BCUT2D eigenvalue weighted by atomic mass is 19.1. The zero-order valence-electron chi connectivity index (χ0n) is 10.5. The Bertz CT molecular complexity index is 293. The van der Waals surface area contributed by atoms with Crippen molar-refractivity contribution in [2.24, 2.45) is 0 Å². The van der Waals surface area contributed by atoms with Crippen LogP contribution in [-0.2, 0) is 0 Å². The van der Waals surface area contributed by atoms with Crippen molar-refractivity contribution in [2.45, 2.75) is 58.3 Å². The standard InChI is InChI=1S/C15H23F/c1-3-5-6-10-13(9-4-2)14-11-7-8-12-15(14)16/h7-8,11-13H,3-6,9-10H2,1-2H3. The molecule has 1 heteroatoms. The third-order valence-electron chi connectivity index (χ3n) is 3.14. The van der Waals surface area contributed by atoms with E-state index in [1.807, 2.05) is 12.1 Å². The molecule has 1 aromatic carbocycles. The average Bonchev–Trinajstić information content (AvgIpc) is 2.29. The van der Waals surface area contributed by atoms with Crippen molar-refractivity contribution < 1.29 is 4.39 Å². The van der Waals surface area contributed by atoms with E-state index < -0.39 is 0 Å². The number of hydrogen-bond donors (Lipinski definition) is 0. The molecule has 0 spiro atoms. The van der Waals surface area contributed by atoms with Crippen LogP contribution in [0.15, 0.2) is 24.3 Å². The van der Waals surface area contributed by atoms with Gasteiger partial charge in [-0.05, 0) is 30.4 Å². The summed E-state index contributed by atoms with van der Waals surface area (Å²) in [5.74, 6) is 0.384. The van der Waals surface area contributed by atoms with Crippen molar-refractivity contribution in [3.8, 4) is 0 Å². The van der Waals surface area contributed by atoms with Gasteiger partial charge in [0.25, 0.3) is 0 Å². The number of unbranched alkanes of at least 4 members (excludes halogenated alkanes) is 2. The summed E-state index contributed by atoms with van der Waals surface area (Å²) in [6.45, 7) is 4.38. The predicted molar refractivity (Wildman–Crippen MR) is 68.2 cm³/mol. The molecule has 1 atom stereocenters. The van der Waals surface area contributed by atoms with Gasteiger partial charge in [0.2, 0.25) is 0 Å². The van der Waals surface area contributed by atoms with Crippen LogP contribution < -0.4 is 0 Å². The molecule has 0 saturated heterocycles. The fourth-order valence-corrected chi connectivity index (χ4v) is 2.25. The number of halogens is 1. The van der Waals surface area contributed by atoms with Gasteiger partial charge in [0, 0.05) is 0 Å². The average molecular weight is 222 g/mol. The highest BCUT2D eigenvalue weighted by Crippen LogP contribution is 2.28. The van der Waals surface area contributed by atoms with Gasteiger partial charge in [-0.15, -0.1) is 0 Å². The molecule has 0 aliphatic carbocycles. The molecular weight excluding hydrogens is 199 g/mol. The normalized spacial score (nSPS) is 12.7. The number of rotatable bonds is 7. The van der Waals surface area contributed by atoms with Crippen molar-refractivity contribution in [1.29, 1.82) is 0 Å². The Labute approximate surface area is 98.9 Å². The minimum Gasteiger partial charge on any atom is -0.207 e. The van der Waals surface area contributed by atoms with E-state index in [0.29, 0.717) is 5.92 Å². The van der Waals surface area contributed by atoms with Crippen LogP contribution in [0.25, 0.3) is 0 Å². The first-order valence-corrected chi connectivity index (χ1v) is 6.54. The van der Waals surface area contributed by atoms with Gasteiger partial charge >= 0.3 is 0 Å². The molecule has 0 heterocycles. The maximum absolute atomic E-state index is 13.7. The van der Waals surface area contributed by atoms with E-state index >= 15 is 0 Å². The van der Waals surface area contributed by atoms with Crippen LogP contribution in [0, 0.1) is 5.82 Å². The van der Waals surface area contributed by atoms with E-state index in [1.165, 1.54) is 19.3 Å². The van der Waals surface area contributed by atoms with Crippen LogP contribution in [0.3, 0.4) is 0 Å². The van der Waals surface area contributed by atoms with E-state index in [1.54, 1.807) is 12.1 Å². The molecule has 0 amide bonds. The molecule has 0 aliphatic rings. The van der Waals surface area contributed by atoms with Crippen molar-refractivity contribution in [1.82, 2.24) is 0 Å². The molecule has 0 fully saturated rings. The lowest BCUT2D eigenvalue weighted by molar-refractivity contribution is 0.500. The second-order valence-electron chi connectivity index (χ2n) is 4.50. The Kier molecular flexibility index (Phi) is 6.14. The fraction of sp³-hybridized carbons (Fsp3) is 0.600. The Morgan fingerprint density at radius 3 is 2.38 bits per heavy atom. The Hall–Kier alpha value is -0.850. The summed E-state index contributed by atoms with van der Waals surface area (Å²) in [4.78, 5) is 0. The van der Waals surface area contributed by atoms with Crippen molar-refractivity contribution in [3.63, 3.8) is 0 Å². The third-order valence-corrected chi connectivity index (χ3v) is 3.14. The molecule has 0 aromatic heterocycles. The summed E-state index contributed by atoms with van der Waals surface area (Å²) >= 11 is 0. The van der Waals surface area contributed by atoms with Gasteiger partial charge in [0.15, 0.2) is 0 Å². The minimum atomic E-state index is -0.0301. The first-order chi connectivity index (χ1) is 7.79. The lowest BCUT2D eigenvalue weighted by Gasteiger charge is -2.17. The van der Waals surface area contributed by atoms with Crippen LogP contribution in [-0.4, -0.2) is 0 Å². The SMILES string of the molecule is CCCCCC(CCC)c1ccccc1F. The molecule has 0 nitrogen and oxygen atoms in total. The lowest BCUT2D eigenvalue weighted by Crippen LogP contribution is -2.01. The number of benzene rings is 1. The first-order valence-electron chi connectivity index (χ1n) is 6.54. The molecule has 0 aliphatic heterocycles. The summed E-state index contributed by atoms with van der Waals surface area (Å²) in [6, 6.07) is 7.24. The van der Waals surface area contributed by atoms with E-state index in [0.717, 1.165) is 24.8 Å². The smallest absolute Gasteiger partial charge is 0.126 e. The van der Waals surface area contributed by atoms with Gasteiger partial charge in [0.1, 0.15) is 5.82 Å². The van der Waals surface area contributed by atoms with E-state index in [4.69, 9.17) is 0 Å². The van der Waals surface area contributed by atoms with E-state index in [2.05, 4.69) is 13.8 Å². The Morgan fingerprint density at radius 1 is 1.00 bits per heavy atom. The van der Waals surface area contributed by atoms with Crippen molar-refractivity contribution in [2.75, 3.05) is 0 Å². The highest BCUT2D eigenvalue weighted by molar-refractivity contribution is 5.21. The zero-order valence-corrected chi connectivity index (χ0v) is 10.5. The van der Waals surface area contributed by atoms with Crippen LogP contribution in [0.5, 0.6) is 0 Å². The fourth-order valence-electron chi connectivity index (χ4n) is 2.25. The molecule has 16 heavy (non-hydrogen) atoms. The molecule has 0 bridgehead atoms. The van der Waals surface area contributed by atoms with Crippen molar-refractivity contribution in [3.05, 3.63) is 35.6 Å². The van der Waals surface area contributed by atoms with Gasteiger partial charge in [-0.3, -0.25) is 0 Å². The van der Waals surface area contributed by atoms with Crippen LogP contribution in [0.4, 0.5) is 4.39 Å². The van der Waals surface area contributed by atoms with Gasteiger partial charge in [0.05, 0.1) is 0 Å². The van der Waals surface area contributed by atoms with Gasteiger partial charge in [-0.25, -0.2) is 4.39 Å². The van der Waals surface area contributed by atoms with Gasteiger partial charge in [-0.2, -0.15) is 0 Å². The third kappa shape index (κ3) is 3.96. The molecule has 0 saturated carbocycles. The molecule has 0 N–H and O–H groups in total. The van der Waals surface area contributed by atoms with Crippen LogP contribution in [0.1, 0.15) is 63.9 Å². The highest BCUT2D eigenvalue weighted by Gasteiger charge is 2.13. The van der Waals surface area contributed by atoms with Gasteiger partial charge in [-0.1, -0.05) is 57.7 Å². The Balaban J connectivity index is 2.65. The second-order valence-corrected chi connectivity index (χ2v) is 4.50. The molecule has 1 unspecified atom stereocenters. The summed E-state index contributed by atoms with van der Waals surface area (Å²) in [5, 5.41) is 0. The maximum Gasteiger partial charge on any atom is 0.126 e. The first kappa shape index (κ1) is 13.2. The maximum atomic E-state index is 13.7. The molecule has 90 valence electrons. The molecule has 1 aromatic rings. The minimum absolute atomic E-state index is 0.0301. The number of hydrogen-bond acceptors (Lipinski definition) is 0. The summed E-state index contributed by atoms with van der Waals surface area (Å²) < 4.78 is 13.7. The molecular formula is C15H23F. The Morgan fingerprint density at radius 2 is 1.75 bits per heavy atom. The predicted octanol–water partition coefficient (Wildman–Crippen LogP) is 5.29. The largest absolute Gasteiger partial charge is 0.207 e. The second kappa shape index (κ2) is 7.43. The van der Waals surface area contributed by atoms with Crippen LogP contribution in [0.2, 0.25) is 0 Å². The van der Waals surface area contributed by atoms with E-state index in [9.17, 15) is 4.39 Å². The van der Waals surface area contributed by atoms with Gasteiger partial charge < -0.3 is 0 Å². The monoisotopic (exact) mass is 222 g/mol. The molecule has 1 rings (SSSR count). The topological polar surface area (TPSA) is 0 Å². The van der Waals surface area contributed by atoms with E-state index in [-0.39, 0.29) is 5.82 Å². The zero-order chi connectivity index (χ0) is 11.8. The lowest BCUT2D eigenvalue weighted by atomic mass is 9.89.